The molecule has 3 aromatic rings. The van der Waals surface area contributed by atoms with Crippen molar-refractivity contribution in [1.82, 2.24) is 9.55 Å². The molecule has 3 rings (SSSR count). The minimum atomic E-state index is 0.680. The molecular formula is C20H21N3. The maximum absolute atomic E-state index is 8.96. The molecule has 0 saturated carbocycles. The summed E-state index contributed by atoms with van der Waals surface area (Å²) in [5, 5.41) is 8.96. The predicted octanol–water partition coefficient (Wildman–Crippen LogP) is 5.16. The van der Waals surface area contributed by atoms with Crippen molar-refractivity contribution in [3.8, 4) is 17.5 Å². The molecule has 3 heteroatoms. The summed E-state index contributed by atoms with van der Waals surface area (Å²) in [5.41, 5.74) is 3.96. The molecular weight excluding hydrogens is 282 g/mol. The van der Waals surface area contributed by atoms with E-state index in [0.717, 1.165) is 29.9 Å². The van der Waals surface area contributed by atoms with Gasteiger partial charge in [0.25, 0.3) is 0 Å². The molecule has 0 spiro atoms. The first-order chi connectivity index (χ1) is 11.3. The van der Waals surface area contributed by atoms with Crippen LogP contribution in [0.3, 0.4) is 0 Å². The zero-order chi connectivity index (χ0) is 16.1. The Morgan fingerprint density at radius 1 is 1.00 bits per heavy atom. The van der Waals surface area contributed by atoms with E-state index < -0.39 is 0 Å². The summed E-state index contributed by atoms with van der Waals surface area (Å²) in [5.74, 6) is 0.993. The van der Waals surface area contributed by atoms with Crippen molar-refractivity contribution in [1.29, 1.82) is 5.26 Å². The second-order valence-electron chi connectivity index (χ2n) is 5.83. The molecule has 1 aromatic heterocycles. The van der Waals surface area contributed by atoms with Gasteiger partial charge in [-0.25, -0.2) is 4.98 Å². The summed E-state index contributed by atoms with van der Waals surface area (Å²) in [4.78, 5) is 4.82. The number of aromatic nitrogens is 2. The van der Waals surface area contributed by atoms with Crippen LogP contribution in [0.15, 0.2) is 48.5 Å². The summed E-state index contributed by atoms with van der Waals surface area (Å²) in [6.45, 7) is 3.21. The highest BCUT2D eigenvalue weighted by Gasteiger charge is 2.12. The van der Waals surface area contributed by atoms with Gasteiger partial charge in [-0.05, 0) is 42.8 Å². The molecule has 0 saturated heterocycles. The smallest absolute Gasteiger partial charge is 0.141 e. The van der Waals surface area contributed by atoms with Crippen LogP contribution in [-0.4, -0.2) is 9.55 Å². The number of unbranched alkanes of at least 4 members (excludes halogenated alkanes) is 3. The number of fused-ring (bicyclic) bond motifs is 1. The van der Waals surface area contributed by atoms with Gasteiger partial charge in [0, 0.05) is 12.1 Å². The van der Waals surface area contributed by atoms with Gasteiger partial charge >= 0.3 is 0 Å². The third-order valence-corrected chi connectivity index (χ3v) is 4.16. The van der Waals surface area contributed by atoms with E-state index in [0.29, 0.717) is 5.56 Å². The summed E-state index contributed by atoms with van der Waals surface area (Å²) in [6.07, 6.45) is 4.93. The van der Waals surface area contributed by atoms with Crippen LogP contribution in [0, 0.1) is 11.3 Å². The number of hydrogen-bond donors (Lipinski definition) is 0. The van der Waals surface area contributed by atoms with E-state index in [-0.39, 0.29) is 0 Å². The molecule has 1 heterocycles. The first-order valence-electron chi connectivity index (χ1n) is 8.29. The number of para-hydroxylation sites is 2. The third-order valence-electron chi connectivity index (χ3n) is 4.16. The van der Waals surface area contributed by atoms with Crippen molar-refractivity contribution in [2.24, 2.45) is 0 Å². The van der Waals surface area contributed by atoms with E-state index in [4.69, 9.17) is 10.2 Å². The zero-order valence-corrected chi connectivity index (χ0v) is 13.5. The number of benzene rings is 2. The summed E-state index contributed by atoms with van der Waals surface area (Å²) in [7, 11) is 0. The van der Waals surface area contributed by atoms with E-state index in [1.165, 1.54) is 24.8 Å². The van der Waals surface area contributed by atoms with E-state index in [9.17, 15) is 0 Å². The molecule has 0 unspecified atom stereocenters. The second kappa shape index (κ2) is 7.11. The van der Waals surface area contributed by atoms with Gasteiger partial charge in [-0.15, -0.1) is 0 Å². The minimum Gasteiger partial charge on any atom is -0.324 e. The third kappa shape index (κ3) is 3.27. The zero-order valence-electron chi connectivity index (χ0n) is 13.5. The molecule has 0 aliphatic carbocycles. The fraction of sp³-hybridized carbons (Fsp3) is 0.300. The van der Waals surface area contributed by atoms with Gasteiger partial charge in [-0.2, -0.15) is 5.26 Å². The molecule has 0 fully saturated rings. The quantitative estimate of drug-likeness (QED) is 0.590. The van der Waals surface area contributed by atoms with Gasteiger partial charge in [-0.3, -0.25) is 0 Å². The average Bonchev–Trinajstić information content (AvgIpc) is 2.97. The Hall–Kier alpha value is -2.60. The number of nitriles is 1. The highest BCUT2D eigenvalue weighted by atomic mass is 15.1. The normalized spacial score (nSPS) is 10.8. The Morgan fingerprint density at radius 2 is 1.78 bits per heavy atom. The molecule has 0 aliphatic rings. The molecule has 0 aliphatic heterocycles. The lowest BCUT2D eigenvalue weighted by atomic mass is 10.1. The first kappa shape index (κ1) is 15.3. The Balaban J connectivity index is 1.98. The molecule has 0 bridgehead atoms. The predicted molar refractivity (Wildman–Crippen MR) is 94.0 cm³/mol. The van der Waals surface area contributed by atoms with E-state index in [2.05, 4.69) is 35.8 Å². The van der Waals surface area contributed by atoms with Crippen molar-refractivity contribution in [2.45, 2.75) is 39.2 Å². The molecule has 116 valence electrons. The van der Waals surface area contributed by atoms with Crippen molar-refractivity contribution in [3.05, 3.63) is 54.1 Å². The topological polar surface area (TPSA) is 41.6 Å². The fourth-order valence-corrected chi connectivity index (χ4v) is 2.91. The van der Waals surface area contributed by atoms with Gasteiger partial charge in [0.05, 0.1) is 22.7 Å². The van der Waals surface area contributed by atoms with Crippen LogP contribution in [0.4, 0.5) is 0 Å². The second-order valence-corrected chi connectivity index (χ2v) is 5.83. The van der Waals surface area contributed by atoms with Gasteiger partial charge in [0.2, 0.25) is 0 Å². The van der Waals surface area contributed by atoms with Crippen LogP contribution in [0.5, 0.6) is 0 Å². The average molecular weight is 303 g/mol. The molecule has 0 radical (unpaired) electrons. The van der Waals surface area contributed by atoms with Crippen molar-refractivity contribution < 1.29 is 0 Å². The molecule has 0 N–H and O–H groups in total. The van der Waals surface area contributed by atoms with Crippen LogP contribution in [-0.2, 0) is 6.54 Å². The van der Waals surface area contributed by atoms with Crippen LogP contribution in [0.2, 0.25) is 0 Å². The SMILES string of the molecule is CCCCCCn1c(-c2ccc(C#N)cc2)nc2ccccc21. The van der Waals surface area contributed by atoms with Gasteiger partial charge in [0.1, 0.15) is 5.82 Å². The standard InChI is InChI=1S/C20H21N3/c1-2-3-4-7-14-23-19-9-6-5-8-18(19)22-20(23)17-12-10-16(15-21)11-13-17/h5-6,8-13H,2-4,7,14H2,1H3. The Bertz CT molecular complexity index is 822. The monoisotopic (exact) mass is 303 g/mol. The summed E-state index contributed by atoms with van der Waals surface area (Å²) in [6, 6.07) is 18.1. The van der Waals surface area contributed by atoms with Crippen molar-refractivity contribution in [3.63, 3.8) is 0 Å². The van der Waals surface area contributed by atoms with Gasteiger partial charge in [0.15, 0.2) is 0 Å². The van der Waals surface area contributed by atoms with Gasteiger partial charge in [-0.1, -0.05) is 38.3 Å². The van der Waals surface area contributed by atoms with Crippen molar-refractivity contribution in [2.75, 3.05) is 0 Å². The molecule has 23 heavy (non-hydrogen) atoms. The fourth-order valence-electron chi connectivity index (χ4n) is 2.91. The maximum Gasteiger partial charge on any atom is 0.141 e. The highest BCUT2D eigenvalue weighted by Crippen LogP contribution is 2.25. The maximum atomic E-state index is 8.96. The highest BCUT2D eigenvalue weighted by molar-refractivity contribution is 5.80. The van der Waals surface area contributed by atoms with E-state index >= 15 is 0 Å². The molecule has 0 atom stereocenters. The largest absolute Gasteiger partial charge is 0.324 e. The van der Waals surface area contributed by atoms with Crippen molar-refractivity contribution >= 4 is 11.0 Å². The molecule has 3 nitrogen and oxygen atoms in total. The van der Waals surface area contributed by atoms with Crippen LogP contribution >= 0.6 is 0 Å². The first-order valence-corrected chi connectivity index (χ1v) is 8.29. The lowest BCUT2D eigenvalue weighted by Gasteiger charge is -2.09. The van der Waals surface area contributed by atoms with Crippen LogP contribution in [0.25, 0.3) is 22.4 Å². The van der Waals surface area contributed by atoms with E-state index in [1.54, 1.807) is 0 Å². The minimum absolute atomic E-state index is 0.680. The van der Waals surface area contributed by atoms with Gasteiger partial charge < -0.3 is 4.57 Å². The number of nitrogens with zero attached hydrogens (tertiary/aromatic N) is 3. The number of hydrogen-bond acceptors (Lipinski definition) is 2. The van der Waals surface area contributed by atoms with E-state index in [1.807, 2.05) is 30.3 Å². The number of aryl methyl sites for hydroxylation is 1. The molecule has 0 amide bonds. The Morgan fingerprint density at radius 3 is 2.52 bits per heavy atom. The summed E-state index contributed by atoms with van der Waals surface area (Å²) < 4.78 is 2.31. The lowest BCUT2D eigenvalue weighted by Crippen LogP contribution is -2.01. The lowest BCUT2D eigenvalue weighted by molar-refractivity contribution is 0.594. The van der Waals surface area contributed by atoms with Crippen LogP contribution in [0.1, 0.15) is 38.2 Å². The van der Waals surface area contributed by atoms with Crippen LogP contribution < -0.4 is 0 Å². The Labute approximate surface area is 137 Å². The Kier molecular flexibility index (Phi) is 4.73. The summed E-state index contributed by atoms with van der Waals surface area (Å²) >= 11 is 0. The number of rotatable bonds is 6. The number of imidazole rings is 1. The molecule has 2 aromatic carbocycles.